The first kappa shape index (κ1) is 13.3. The van der Waals surface area contributed by atoms with E-state index in [4.69, 9.17) is 5.73 Å². The van der Waals surface area contributed by atoms with Crippen LogP contribution in [-0.2, 0) is 6.54 Å². The molecule has 2 rings (SSSR count). The van der Waals surface area contributed by atoms with E-state index < -0.39 is 5.82 Å². The topological polar surface area (TPSA) is 29.3 Å². The highest BCUT2D eigenvalue weighted by Crippen LogP contribution is 2.19. The van der Waals surface area contributed by atoms with Gasteiger partial charge in [0.2, 0.25) is 0 Å². The van der Waals surface area contributed by atoms with E-state index in [2.05, 4.69) is 0 Å². The maximum atomic E-state index is 13.4. The van der Waals surface area contributed by atoms with Crippen LogP contribution in [0.25, 0.3) is 0 Å². The summed E-state index contributed by atoms with van der Waals surface area (Å²) in [5, 5.41) is 0. The summed E-state index contributed by atoms with van der Waals surface area (Å²) in [6.45, 7) is 3.19. The van der Waals surface area contributed by atoms with Gasteiger partial charge in [-0.25, -0.2) is 8.78 Å². The summed E-state index contributed by atoms with van der Waals surface area (Å²) in [5.74, 6) is -0.702. The van der Waals surface area contributed by atoms with Gasteiger partial charge in [-0.2, -0.15) is 0 Å². The van der Waals surface area contributed by atoms with Crippen LogP contribution in [0.5, 0.6) is 0 Å². The van der Waals surface area contributed by atoms with E-state index >= 15 is 0 Å². The predicted molar refractivity (Wildman–Crippen MR) is 73.9 cm³/mol. The Morgan fingerprint density at radius 2 is 1.89 bits per heavy atom. The standard InChI is InChI=1S/C15H16F2N2/c1-2-19(13-5-3-4-12(16)9-13)10-11-6-7-15(18)14(17)8-11/h3-9H,2,10,18H2,1H3. The molecule has 4 heteroatoms. The van der Waals surface area contributed by atoms with Crippen LogP contribution in [0.4, 0.5) is 20.2 Å². The maximum Gasteiger partial charge on any atom is 0.146 e. The molecule has 100 valence electrons. The molecule has 2 aromatic rings. The Balaban J connectivity index is 2.21. The Kier molecular flexibility index (Phi) is 4.00. The van der Waals surface area contributed by atoms with Crippen molar-refractivity contribution in [3.05, 3.63) is 59.7 Å². The Morgan fingerprint density at radius 1 is 1.11 bits per heavy atom. The molecule has 0 spiro atoms. The normalized spacial score (nSPS) is 10.5. The summed E-state index contributed by atoms with van der Waals surface area (Å²) in [6, 6.07) is 11.1. The van der Waals surface area contributed by atoms with Gasteiger partial charge >= 0.3 is 0 Å². The minimum atomic E-state index is -0.423. The first-order valence-corrected chi connectivity index (χ1v) is 6.14. The van der Waals surface area contributed by atoms with Crippen molar-refractivity contribution in [1.82, 2.24) is 0 Å². The smallest absolute Gasteiger partial charge is 0.146 e. The minimum Gasteiger partial charge on any atom is -0.396 e. The lowest BCUT2D eigenvalue weighted by Gasteiger charge is -2.23. The van der Waals surface area contributed by atoms with Crippen LogP contribution in [0.3, 0.4) is 0 Å². The van der Waals surface area contributed by atoms with Crippen LogP contribution in [0.1, 0.15) is 12.5 Å². The third-order valence-corrected chi connectivity index (χ3v) is 2.99. The van der Waals surface area contributed by atoms with Crippen molar-refractivity contribution < 1.29 is 8.78 Å². The first-order chi connectivity index (χ1) is 9.10. The molecule has 0 saturated carbocycles. The lowest BCUT2D eigenvalue weighted by Crippen LogP contribution is -2.22. The molecule has 0 radical (unpaired) electrons. The van der Waals surface area contributed by atoms with Gasteiger partial charge in [0.15, 0.2) is 0 Å². The highest BCUT2D eigenvalue weighted by atomic mass is 19.1. The Labute approximate surface area is 111 Å². The van der Waals surface area contributed by atoms with Crippen molar-refractivity contribution in [3.8, 4) is 0 Å². The van der Waals surface area contributed by atoms with Crippen molar-refractivity contribution in [2.24, 2.45) is 0 Å². The monoisotopic (exact) mass is 262 g/mol. The molecule has 0 fully saturated rings. The third-order valence-electron chi connectivity index (χ3n) is 2.99. The maximum absolute atomic E-state index is 13.4. The van der Waals surface area contributed by atoms with Crippen molar-refractivity contribution in [1.29, 1.82) is 0 Å². The summed E-state index contributed by atoms with van der Waals surface area (Å²) in [7, 11) is 0. The predicted octanol–water partition coefficient (Wildman–Crippen LogP) is 3.57. The van der Waals surface area contributed by atoms with Crippen LogP contribution in [0.15, 0.2) is 42.5 Å². The van der Waals surface area contributed by atoms with E-state index in [1.807, 2.05) is 17.9 Å². The molecule has 2 aromatic carbocycles. The van der Waals surface area contributed by atoms with E-state index in [0.717, 1.165) is 11.3 Å². The largest absolute Gasteiger partial charge is 0.396 e. The summed E-state index contributed by atoms with van der Waals surface area (Å²) in [5.41, 5.74) is 7.16. The number of halogens is 2. The molecular weight excluding hydrogens is 246 g/mol. The molecule has 0 heterocycles. The molecule has 0 amide bonds. The van der Waals surface area contributed by atoms with Crippen molar-refractivity contribution in [2.75, 3.05) is 17.2 Å². The van der Waals surface area contributed by atoms with Gasteiger partial charge in [0.1, 0.15) is 11.6 Å². The fraction of sp³-hybridized carbons (Fsp3) is 0.200. The molecule has 0 aromatic heterocycles. The second-order valence-electron chi connectivity index (χ2n) is 4.35. The number of hydrogen-bond acceptors (Lipinski definition) is 2. The molecule has 0 bridgehead atoms. The summed E-state index contributed by atoms with van der Waals surface area (Å²) in [4.78, 5) is 1.97. The fourth-order valence-corrected chi connectivity index (χ4v) is 1.95. The van der Waals surface area contributed by atoms with Gasteiger partial charge < -0.3 is 10.6 Å². The van der Waals surface area contributed by atoms with Gasteiger partial charge in [-0.15, -0.1) is 0 Å². The van der Waals surface area contributed by atoms with Crippen molar-refractivity contribution >= 4 is 11.4 Å². The van der Waals surface area contributed by atoms with Crippen LogP contribution < -0.4 is 10.6 Å². The van der Waals surface area contributed by atoms with Crippen LogP contribution >= 0.6 is 0 Å². The van der Waals surface area contributed by atoms with Crippen LogP contribution in [0.2, 0.25) is 0 Å². The quantitative estimate of drug-likeness (QED) is 0.853. The van der Waals surface area contributed by atoms with Gasteiger partial charge in [-0.05, 0) is 42.8 Å². The number of nitrogens with zero attached hydrogens (tertiary/aromatic N) is 1. The van der Waals surface area contributed by atoms with E-state index in [0.29, 0.717) is 13.1 Å². The van der Waals surface area contributed by atoms with Gasteiger partial charge in [0.25, 0.3) is 0 Å². The molecule has 0 atom stereocenters. The van der Waals surface area contributed by atoms with Crippen molar-refractivity contribution in [2.45, 2.75) is 13.5 Å². The van der Waals surface area contributed by atoms with E-state index in [1.165, 1.54) is 18.2 Å². The zero-order valence-corrected chi connectivity index (χ0v) is 10.7. The van der Waals surface area contributed by atoms with Gasteiger partial charge in [-0.1, -0.05) is 12.1 Å². The molecule has 0 unspecified atom stereocenters. The summed E-state index contributed by atoms with van der Waals surface area (Å²) in [6.07, 6.45) is 0. The van der Waals surface area contributed by atoms with E-state index in [-0.39, 0.29) is 11.5 Å². The molecular formula is C15H16F2N2. The number of hydrogen-bond donors (Lipinski definition) is 1. The first-order valence-electron chi connectivity index (χ1n) is 6.14. The molecule has 2 nitrogen and oxygen atoms in total. The van der Waals surface area contributed by atoms with Gasteiger partial charge in [0, 0.05) is 18.8 Å². The number of nitrogen functional groups attached to an aromatic ring is 1. The third kappa shape index (κ3) is 3.22. The van der Waals surface area contributed by atoms with Crippen LogP contribution in [-0.4, -0.2) is 6.54 Å². The zero-order chi connectivity index (χ0) is 13.8. The number of benzene rings is 2. The second-order valence-corrected chi connectivity index (χ2v) is 4.35. The molecule has 0 aliphatic carbocycles. The number of nitrogens with two attached hydrogens (primary N) is 1. The molecule has 19 heavy (non-hydrogen) atoms. The highest BCUT2D eigenvalue weighted by molar-refractivity contribution is 5.48. The Bertz CT molecular complexity index is 570. The minimum absolute atomic E-state index is 0.137. The number of anilines is 2. The van der Waals surface area contributed by atoms with E-state index in [1.54, 1.807) is 18.2 Å². The molecule has 2 N–H and O–H groups in total. The molecule has 0 aliphatic rings. The summed E-state index contributed by atoms with van der Waals surface area (Å²) < 4.78 is 26.6. The zero-order valence-electron chi connectivity index (χ0n) is 10.7. The lowest BCUT2D eigenvalue weighted by molar-refractivity contribution is 0.625. The van der Waals surface area contributed by atoms with Gasteiger partial charge in [0.05, 0.1) is 5.69 Å². The highest BCUT2D eigenvalue weighted by Gasteiger charge is 2.08. The van der Waals surface area contributed by atoms with Gasteiger partial charge in [-0.3, -0.25) is 0 Å². The average Bonchev–Trinajstić information content (AvgIpc) is 2.40. The average molecular weight is 262 g/mol. The van der Waals surface area contributed by atoms with Crippen molar-refractivity contribution in [3.63, 3.8) is 0 Å². The van der Waals surface area contributed by atoms with Crippen LogP contribution in [0, 0.1) is 11.6 Å². The molecule has 0 saturated heterocycles. The lowest BCUT2D eigenvalue weighted by atomic mass is 10.1. The number of rotatable bonds is 4. The second kappa shape index (κ2) is 5.69. The molecule has 0 aliphatic heterocycles. The Morgan fingerprint density at radius 3 is 2.53 bits per heavy atom. The Hall–Kier alpha value is -2.10. The fourth-order valence-electron chi connectivity index (χ4n) is 1.95. The van der Waals surface area contributed by atoms with E-state index in [9.17, 15) is 8.78 Å². The SMILES string of the molecule is CCN(Cc1ccc(N)c(F)c1)c1cccc(F)c1. The summed E-state index contributed by atoms with van der Waals surface area (Å²) >= 11 is 0.